The molecular weight excluding hydrogens is 226 g/mol. The van der Waals surface area contributed by atoms with Crippen LogP contribution in [0.3, 0.4) is 0 Å². The molecule has 3 atom stereocenters. The van der Waals surface area contributed by atoms with Gasteiger partial charge in [-0.05, 0) is 19.3 Å². The van der Waals surface area contributed by atoms with Crippen molar-refractivity contribution in [3.05, 3.63) is 12.4 Å². The number of fused-ring (bicyclic) bond motifs is 1. The van der Waals surface area contributed by atoms with Crippen LogP contribution >= 0.6 is 0 Å². The molecule has 18 heavy (non-hydrogen) atoms. The van der Waals surface area contributed by atoms with Crippen molar-refractivity contribution >= 4 is 6.21 Å². The van der Waals surface area contributed by atoms with Crippen LogP contribution in [0.1, 0.15) is 19.3 Å². The first-order chi connectivity index (χ1) is 8.63. The van der Waals surface area contributed by atoms with Crippen molar-refractivity contribution < 1.29 is 0 Å². The fraction of sp³-hybridized carbons (Fsp3) is 0.769. The molecule has 0 spiro atoms. The van der Waals surface area contributed by atoms with Crippen LogP contribution in [0.5, 0.6) is 0 Å². The number of nitrogens with one attached hydrogen (secondary N) is 1. The SMILES string of the molecule is C=C(NCCN)N(C)C1CCC2C(C=NN2C)C1. The Kier molecular flexibility index (Phi) is 4.11. The molecule has 1 aliphatic heterocycles. The lowest BCUT2D eigenvalue weighted by Crippen LogP contribution is -2.45. The molecular formula is C13H25N5. The van der Waals surface area contributed by atoms with E-state index in [0.29, 0.717) is 24.5 Å². The van der Waals surface area contributed by atoms with E-state index in [9.17, 15) is 0 Å². The molecule has 2 aliphatic rings. The highest BCUT2D eigenvalue weighted by molar-refractivity contribution is 5.64. The Hall–Kier alpha value is -1.23. The summed E-state index contributed by atoms with van der Waals surface area (Å²) in [6, 6.07) is 1.17. The van der Waals surface area contributed by atoms with Crippen LogP contribution in [0.2, 0.25) is 0 Å². The standard InChI is InChI=1S/C13H25N5/c1-10(15-7-6-14)17(2)12-4-5-13-11(8-12)9-16-18(13)3/h9,11-13,15H,1,4-8,14H2,2-3H3. The average molecular weight is 251 g/mol. The van der Waals surface area contributed by atoms with Crippen LogP contribution in [0.15, 0.2) is 17.5 Å². The Labute approximate surface area is 110 Å². The lowest BCUT2D eigenvalue weighted by Gasteiger charge is -2.39. The molecule has 0 amide bonds. The van der Waals surface area contributed by atoms with E-state index in [1.807, 2.05) is 0 Å². The minimum Gasteiger partial charge on any atom is -0.371 e. The Balaban J connectivity index is 1.87. The molecule has 5 nitrogen and oxygen atoms in total. The summed E-state index contributed by atoms with van der Waals surface area (Å²) in [6.07, 6.45) is 5.69. The second kappa shape index (κ2) is 5.61. The normalized spacial score (nSPS) is 30.2. The van der Waals surface area contributed by atoms with Crippen molar-refractivity contribution in [1.82, 2.24) is 15.2 Å². The third kappa shape index (κ3) is 2.61. The fourth-order valence-electron chi connectivity index (χ4n) is 2.98. The molecule has 2 rings (SSSR count). The third-order valence-corrected chi connectivity index (χ3v) is 4.20. The maximum absolute atomic E-state index is 5.50. The van der Waals surface area contributed by atoms with Gasteiger partial charge in [-0.25, -0.2) is 0 Å². The second-order valence-corrected chi connectivity index (χ2v) is 5.31. The maximum Gasteiger partial charge on any atom is 0.0939 e. The summed E-state index contributed by atoms with van der Waals surface area (Å²) in [5, 5.41) is 9.78. The van der Waals surface area contributed by atoms with E-state index < -0.39 is 0 Å². The summed E-state index contributed by atoms with van der Waals surface area (Å²) in [7, 11) is 4.19. The molecule has 0 radical (unpaired) electrons. The zero-order chi connectivity index (χ0) is 13.1. The van der Waals surface area contributed by atoms with E-state index in [1.165, 1.54) is 19.3 Å². The summed E-state index contributed by atoms with van der Waals surface area (Å²) in [6.45, 7) is 5.51. The van der Waals surface area contributed by atoms with E-state index >= 15 is 0 Å². The largest absolute Gasteiger partial charge is 0.371 e. The zero-order valence-electron chi connectivity index (χ0n) is 11.5. The van der Waals surface area contributed by atoms with Gasteiger partial charge in [0.15, 0.2) is 0 Å². The summed E-state index contributed by atoms with van der Waals surface area (Å²) < 4.78 is 0. The van der Waals surface area contributed by atoms with Crippen molar-refractivity contribution in [2.24, 2.45) is 16.8 Å². The van der Waals surface area contributed by atoms with Gasteiger partial charge >= 0.3 is 0 Å². The molecule has 1 fully saturated rings. The lowest BCUT2D eigenvalue weighted by molar-refractivity contribution is 0.135. The van der Waals surface area contributed by atoms with Crippen LogP contribution in [0.25, 0.3) is 0 Å². The predicted octanol–water partition coefficient (Wildman–Crippen LogP) is 0.406. The fourth-order valence-corrected chi connectivity index (χ4v) is 2.98. The first-order valence-electron chi connectivity index (χ1n) is 6.76. The van der Waals surface area contributed by atoms with Crippen LogP contribution < -0.4 is 11.1 Å². The predicted molar refractivity (Wildman–Crippen MR) is 75.1 cm³/mol. The van der Waals surface area contributed by atoms with Gasteiger partial charge in [0.25, 0.3) is 0 Å². The molecule has 1 saturated carbocycles. The number of hydrogen-bond acceptors (Lipinski definition) is 5. The van der Waals surface area contributed by atoms with Gasteiger partial charge in [0.2, 0.25) is 0 Å². The van der Waals surface area contributed by atoms with Crippen LogP contribution in [-0.4, -0.2) is 55.4 Å². The summed E-state index contributed by atoms with van der Waals surface area (Å²) >= 11 is 0. The average Bonchev–Trinajstić information content (AvgIpc) is 2.76. The number of rotatable bonds is 5. The van der Waals surface area contributed by atoms with Gasteiger partial charge in [-0.2, -0.15) is 5.10 Å². The van der Waals surface area contributed by atoms with Crippen LogP contribution in [0, 0.1) is 5.92 Å². The number of nitrogens with two attached hydrogens (primary N) is 1. The Bertz CT molecular complexity index is 327. The van der Waals surface area contributed by atoms with Crippen molar-refractivity contribution in [3.8, 4) is 0 Å². The lowest BCUT2D eigenvalue weighted by atomic mass is 9.82. The minimum absolute atomic E-state index is 0.557. The van der Waals surface area contributed by atoms with Gasteiger partial charge in [-0.1, -0.05) is 6.58 Å². The van der Waals surface area contributed by atoms with Gasteiger partial charge in [-0.15, -0.1) is 0 Å². The monoisotopic (exact) mass is 251 g/mol. The van der Waals surface area contributed by atoms with Gasteiger partial charge in [0, 0.05) is 45.4 Å². The van der Waals surface area contributed by atoms with Gasteiger partial charge in [0.05, 0.1) is 11.9 Å². The molecule has 0 aromatic carbocycles. The third-order valence-electron chi connectivity index (χ3n) is 4.20. The van der Waals surface area contributed by atoms with Crippen molar-refractivity contribution in [3.63, 3.8) is 0 Å². The first kappa shape index (κ1) is 13.2. The Morgan fingerprint density at radius 2 is 2.39 bits per heavy atom. The number of hydrazone groups is 1. The Morgan fingerprint density at radius 1 is 1.61 bits per heavy atom. The van der Waals surface area contributed by atoms with Gasteiger partial charge in [-0.3, -0.25) is 5.01 Å². The number of hydrogen-bond donors (Lipinski definition) is 2. The molecule has 5 heteroatoms. The van der Waals surface area contributed by atoms with E-state index in [0.717, 1.165) is 12.4 Å². The van der Waals surface area contributed by atoms with Gasteiger partial charge in [0.1, 0.15) is 0 Å². The highest BCUT2D eigenvalue weighted by atomic mass is 15.5. The van der Waals surface area contributed by atoms with Crippen molar-refractivity contribution in [2.45, 2.75) is 31.3 Å². The zero-order valence-corrected chi connectivity index (χ0v) is 11.5. The quantitative estimate of drug-likeness (QED) is 0.743. The topological polar surface area (TPSA) is 56.9 Å². The summed E-state index contributed by atoms with van der Waals surface area (Å²) in [5.74, 6) is 1.57. The molecule has 1 heterocycles. The van der Waals surface area contributed by atoms with Crippen LogP contribution in [0.4, 0.5) is 0 Å². The van der Waals surface area contributed by atoms with Crippen molar-refractivity contribution in [1.29, 1.82) is 0 Å². The minimum atomic E-state index is 0.557. The molecule has 3 N–H and O–H groups in total. The second-order valence-electron chi connectivity index (χ2n) is 5.31. The molecule has 0 saturated heterocycles. The van der Waals surface area contributed by atoms with E-state index in [1.54, 1.807) is 0 Å². The van der Waals surface area contributed by atoms with E-state index in [2.05, 4.69) is 47.2 Å². The summed E-state index contributed by atoms with van der Waals surface area (Å²) in [4.78, 5) is 2.26. The molecule has 1 aliphatic carbocycles. The first-order valence-corrected chi connectivity index (χ1v) is 6.76. The van der Waals surface area contributed by atoms with E-state index in [-0.39, 0.29) is 0 Å². The summed E-state index contributed by atoms with van der Waals surface area (Å²) in [5.41, 5.74) is 5.50. The van der Waals surface area contributed by atoms with Gasteiger partial charge < -0.3 is 16.0 Å². The van der Waals surface area contributed by atoms with E-state index in [4.69, 9.17) is 5.73 Å². The molecule has 0 bridgehead atoms. The molecule has 102 valence electrons. The molecule has 3 unspecified atom stereocenters. The highest BCUT2D eigenvalue weighted by Crippen LogP contribution is 2.33. The molecule has 0 aromatic rings. The Morgan fingerprint density at radius 3 is 3.11 bits per heavy atom. The number of nitrogens with zero attached hydrogens (tertiary/aromatic N) is 3. The maximum atomic E-state index is 5.50. The smallest absolute Gasteiger partial charge is 0.0939 e. The van der Waals surface area contributed by atoms with Crippen LogP contribution in [-0.2, 0) is 0 Å². The highest BCUT2D eigenvalue weighted by Gasteiger charge is 2.36. The van der Waals surface area contributed by atoms with Crippen molar-refractivity contribution in [2.75, 3.05) is 27.2 Å². The molecule has 0 aromatic heterocycles.